The van der Waals surface area contributed by atoms with E-state index in [-0.39, 0.29) is 5.24 Å². The molecule has 3 nitrogen and oxygen atoms in total. The van der Waals surface area contributed by atoms with Gasteiger partial charge in [-0.05, 0) is 0 Å². The molecule has 2 N–H and O–H groups in total. The molecule has 58 valence electrons. The van der Waals surface area contributed by atoms with Crippen LogP contribution in [0.15, 0.2) is 0 Å². The molecule has 0 saturated carbocycles. The number of carbonyl (C=O) groups is 1. The molecular weight excluding hydrogens is 188 g/mol. The highest BCUT2D eigenvalue weighted by Crippen LogP contribution is 1.76. The van der Waals surface area contributed by atoms with Crippen LogP contribution in [0.25, 0.3) is 0 Å². The lowest BCUT2D eigenvalue weighted by atomic mass is 10.6. The Kier molecular flexibility index (Phi) is 5.85. The second-order valence-electron chi connectivity index (χ2n) is 1.46. The van der Waals surface area contributed by atoms with Crippen molar-refractivity contribution in [2.24, 2.45) is 0 Å². The third kappa shape index (κ3) is 8.06. The van der Waals surface area contributed by atoms with E-state index in [1.54, 1.807) is 0 Å². The maximum atomic E-state index is 10.2. The van der Waals surface area contributed by atoms with Gasteiger partial charge in [0.15, 0.2) is 0 Å². The molecule has 0 aromatic rings. The maximum Gasteiger partial charge on any atom is 0.276 e. The van der Waals surface area contributed by atoms with Crippen molar-refractivity contribution >= 4 is 47.0 Å². The van der Waals surface area contributed by atoms with Gasteiger partial charge in [-0.1, -0.05) is 24.8 Å². The molecule has 0 atom stereocenters. The van der Waals surface area contributed by atoms with Crippen LogP contribution in [0.1, 0.15) is 0 Å². The van der Waals surface area contributed by atoms with E-state index in [2.05, 4.69) is 48.1 Å². The van der Waals surface area contributed by atoms with Gasteiger partial charge in [0.05, 0.1) is 0 Å². The normalized spacial score (nSPS) is 8.60. The van der Waals surface area contributed by atoms with Gasteiger partial charge in [-0.15, -0.1) is 12.6 Å². The molecule has 0 heterocycles. The van der Waals surface area contributed by atoms with Gasteiger partial charge in [-0.3, -0.25) is 4.79 Å². The topological polar surface area (TPSA) is 41.1 Å². The zero-order valence-corrected chi connectivity index (χ0v) is 7.73. The minimum Gasteiger partial charge on any atom is -0.369 e. The van der Waals surface area contributed by atoms with Gasteiger partial charge in [0, 0.05) is 13.1 Å². The molecule has 0 saturated heterocycles. The summed E-state index contributed by atoms with van der Waals surface area (Å²) in [5, 5.41) is 4.88. The van der Waals surface area contributed by atoms with E-state index in [0.29, 0.717) is 17.4 Å². The second kappa shape index (κ2) is 5.82. The molecule has 0 radical (unpaired) electrons. The van der Waals surface area contributed by atoms with E-state index < -0.39 is 0 Å². The van der Waals surface area contributed by atoms with Crippen LogP contribution in [0.2, 0.25) is 0 Å². The summed E-state index contributed by atoms with van der Waals surface area (Å²) in [6, 6.07) is 0. The van der Waals surface area contributed by atoms with Gasteiger partial charge < -0.3 is 10.6 Å². The van der Waals surface area contributed by atoms with E-state index in [9.17, 15) is 4.79 Å². The lowest BCUT2D eigenvalue weighted by Gasteiger charge is -2.01. The third-order valence-corrected chi connectivity index (χ3v) is 1.14. The monoisotopic (exact) mass is 196 g/mol. The number of thiol groups is 2. The number of hydrogen-bond donors (Lipinski definition) is 4. The van der Waals surface area contributed by atoms with Crippen molar-refractivity contribution in [3.63, 3.8) is 0 Å². The SMILES string of the molecule is O=C(S)NCCNC(=S)S. The van der Waals surface area contributed by atoms with Crippen LogP contribution in [-0.2, 0) is 0 Å². The van der Waals surface area contributed by atoms with Gasteiger partial charge in [0.1, 0.15) is 4.32 Å². The van der Waals surface area contributed by atoms with Gasteiger partial charge in [-0.2, -0.15) is 0 Å². The first-order chi connectivity index (χ1) is 4.63. The van der Waals surface area contributed by atoms with Crippen molar-refractivity contribution in [3.8, 4) is 0 Å². The quantitative estimate of drug-likeness (QED) is 0.301. The van der Waals surface area contributed by atoms with Crippen LogP contribution in [0.5, 0.6) is 0 Å². The van der Waals surface area contributed by atoms with Crippen LogP contribution < -0.4 is 10.6 Å². The zero-order chi connectivity index (χ0) is 7.98. The van der Waals surface area contributed by atoms with E-state index in [1.165, 1.54) is 0 Å². The van der Waals surface area contributed by atoms with E-state index in [0.717, 1.165) is 0 Å². The highest BCUT2D eigenvalue weighted by atomic mass is 32.1. The van der Waals surface area contributed by atoms with Gasteiger partial charge in [-0.25, -0.2) is 0 Å². The number of thiocarbonyl (C=S) groups is 1. The molecule has 0 unspecified atom stereocenters. The highest BCUT2D eigenvalue weighted by Gasteiger charge is 1.90. The standard InChI is InChI=1S/C4H8N2OS3/c7-3(8)5-1-2-6-4(9)10/h1-2H2,(H2,5,7,8)(H2,6,9,10). The fourth-order valence-corrected chi connectivity index (χ4v) is 0.665. The largest absolute Gasteiger partial charge is 0.369 e. The van der Waals surface area contributed by atoms with Crippen molar-refractivity contribution in [2.45, 2.75) is 0 Å². The fourth-order valence-electron chi connectivity index (χ4n) is 0.339. The molecule has 0 aliphatic heterocycles. The van der Waals surface area contributed by atoms with Crippen LogP contribution in [0.4, 0.5) is 4.79 Å². The van der Waals surface area contributed by atoms with Crippen LogP contribution in [-0.4, -0.2) is 22.6 Å². The highest BCUT2D eigenvalue weighted by molar-refractivity contribution is 8.11. The molecule has 0 rings (SSSR count). The first kappa shape index (κ1) is 10.1. The lowest BCUT2D eigenvalue weighted by molar-refractivity contribution is 0.261. The number of hydrogen-bond acceptors (Lipinski definition) is 2. The molecular formula is C4H8N2OS3. The summed E-state index contributed by atoms with van der Waals surface area (Å²) in [7, 11) is 0. The van der Waals surface area contributed by atoms with Crippen LogP contribution in [0.3, 0.4) is 0 Å². The molecule has 0 aliphatic carbocycles. The summed E-state index contributed by atoms with van der Waals surface area (Å²) < 4.78 is 0.424. The predicted molar refractivity (Wildman–Crippen MR) is 52.0 cm³/mol. The number of carbonyl (C=O) groups excluding carboxylic acids is 1. The van der Waals surface area contributed by atoms with Crippen molar-refractivity contribution in [1.29, 1.82) is 0 Å². The summed E-state index contributed by atoms with van der Waals surface area (Å²) in [4.78, 5) is 10.2. The Morgan fingerprint density at radius 1 is 1.30 bits per heavy atom. The Hall–Kier alpha value is 0.0600. The summed E-state index contributed by atoms with van der Waals surface area (Å²) >= 11 is 11.9. The average Bonchev–Trinajstić information content (AvgIpc) is 1.79. The van der Waals surface area contributed by atoms with E-state index in [4.69, 9.17) is 0 Å². The zero-order valence-electron chi connectivity index (χ0n) is 5.13. The Labute approximate surface area is 75.8 Å². The number of amides is 1. The van der Waals surface area contributed by atoms with Crippen LogP contribution >= 0.6 is 37.5 Å². The molecule has 0 fully saturated rings. The summed E-state index contributed by atoms with van der Waals surface area (Å²) in [6.07, 6.45) is 0. The van der Waals surface area contributed by atoms with Crippen molar-refractivity contribution in [2.75, 3.05) is 13.1 Å². The first-order valence-electron chi connectivity index (χ1n) is 2.56. The summed E-state index contributed by atoms with van der Waals surface area (Å²) in [5.74, 6) is 0. The fraction of sp³-hybridized carbons (Fsp3) is 0.500. The van der Waals surface area contributed by atoms with Gasteiger partial charge >= 0.3 is 0 Å². The lowest BCUT2D eigenvalue weighted by Crippen LogP contribution is -2.29. The van der Waals surface area contributed by atoms with E-state index in [1.807, 2.05) is 0 Å². The molecule has 0 aliphatic rings. The smallest absolute Gasteiger partial charge is 0.276 e. The van der Waals surface area contributed by atoms with Crippen LogP contribution in [0, 0.1) is 0 Å². The maximum absolute atomic E-state index is 10.2. The molecule has 6 heteroatoms. The first-order valence-corrected chi connectivity index (χ1v) is 3.87. The Morgan fingerprint density at radius 2 is 1.80 bits per heavy atom. The molecule has 0 aromatic carbocycles. The Bertz CT molecular complexity index is 122. The Morgan fingerprint density at radius 3 is 2.20 bits per heavy atom. The molecule has 0 aromatic heterocycles. The third-order valence-electron chi connectivity index (χ3n) is 0.677. The van der Waals surface area contributed by atoms with Crippen molar-refractivity contribution < 1.29 is 4.79 Å². The minimum absolute atomic E-state index is 0.341. The van der Waals surface area contributed by atoms with Crippen molar-refractivity contribution in [1.82, 2.24) is 10.6 Å². The molecule has 0 bridgehead atoms. The van der Waals surface area contributed by atoms with Gasteiger partial charge in [0.2, 0.25) is 0 Å². The minimum atomic E-state index is -0.341. The second-order valence-corrected chi connectivity index (χ2v) is 3.03. The number of nitrogens with one attached hydrogen (secondary N) is 2. The number of rotatable bonds is 3. The summed E-state index contributed by atoms with van der Waals surface area (Å²) in [6.45, 7) is 1.08. The predicted octanol–water partition coefficient (Wildman–Crippen LogP) is 0.430. The Balaban J connectivity index is 3.06. The average molecular weight is 196 g/mol. The molecule has 10 heavy (non-hydrogen) atoms. The molecule has 1 amide bonds. The molecule has 0 spiro atoms. The van der Waals surface area contributed by atoms with Gasteiger partial charge in [0.25, 0.3) is 5.24 Å². The summed E-state index contributed by atoms with van der Waals surface area (Å²) in [5.41, 5.74) is 0. The van der Waals surface area contributed by atoms with Crippen molar-refractivity contribution in [3.05, 3.63) is 0 Å². The van der Waals surface area contributed by atoms with E-state index >= 15 is 0 Å².